The summed E-state index contributed by atoms with van der Waals surface area (Å²) < 4.78 is 4.25. The molecule has 4 rings (SSSR count). The molecule has 0 aliphatic carbocycles. The average Bonchev–Trinajstić information content (AvgIpc) is 3.36. The van der Waals surface area contributed by atoms with E-state index in [1.165, 1.54) is 5.56 Å². The van der Waals surface area contributed by atoms with Crippen molar-refractivity contribution in [1.29, 1.82) is 0 Å². The first-order chi connectivity index (χ1) is 11.8. The van der Waals surface area contributed by atoms with Gasteiger partial charge in [-0.05, 0) is 60.0 Å². The number of rotatable bonds is 5. The fourth-order valence-electron chi connectivity index (χ4n) is 2.94. The summed E-state index contributed by atoms with van der Waals surface area (Å²) in [5, 5.41) is 4.35. The molecule has 3 heterocycles. The van der Waals surface area contributed by atoms with Gasteiger partial charge < -0.3 is 9.13 Å². The van der Waals surface area contributed by atoms with Crippen molar-refractivity contribution >= 4 is 11.3 Å². The highest BCUT2D eigenvalue weighted by Crippen LogP contribution is 2.25. The first kappa shape index (κ1) is 14.9. The lowest BCUT2D eigenvalue weighted by Gasteiger charge is -2.16. The minimum atomic E-state index is 0.366. The molecular formula is C19H18N4S. The maximum Gasteiger partial charge on any atom is 0.140 e. The Bertz CT molecular complexity index is 889. The summed E-state index contributed by atoms with van der Waals surface area (Å²) in [6.45, 7) is 2.24. The molecule has 1 aromatic carbocycles. The second kappa shape index (κ2) is 6.45. The van der Waals surface area contributed by atoms with E-state index in [4.69, 9.17) is 0 Å². The molecule has 1 atom stereocenters. The Balaban J connectivity index is 1.60. The second-order valence-electron chi connectivity index (χ2n) is 5.86. The third-order valence-electron chi connectivity index (χ3n) is 4.18. The predicted octanol–water partition coefficient (Wildman–Crippen LogP) is 4.60. The van der Waals surface area contributed by atoms with Gasteiger partial charge in [-0.3, -0.25) is 0 Å². The van der Waals surface area contributed by atoms with Crippen LogP contribution in [0, 0.1) is 0 Å². The van der Waals surface area contributed by atoms with Crippen molar-refractivity contribution in [2.24, 2.45) is 0 Å². The maximum atomic E-state index is 4.58. The smallest absolute Gasteiger partial charge is 0.140 e. The van der Waals surface area contributed by atoms with Gasteiger partial charge in [-0.1, -0.05) is 0 Å². The second-order valence-corrected chi connectivity index (χ2v) is 6.64. The lowest BCUT2D eigenvalue weighted by Crippen LogP contribution is -2.08. The molecule has 3 aromatic heterocycles. The van der Waals surface area contributed by atoms with Crippen LogP contribution in [0.3, 0.4) is 0 Å². The van der Waals surface area contributed by atoms with Crippen LogP contribution >= 0.6 is 11.3 Å². The highest BCUT2D eigenvalue weighted by Gasteiger charge is 2.12. The topological polar surface area (TPSA) is 35.6 Å². The Morgan fingerprint density at radius 2 is 1.96 bits per heavy atom. The molecule has 4 aromatic rings. The molecule has 4 nitrogen and oxygen atoms in total. The monoisotopic (exact) mass is 334 g/mol. The third-order valence-corrected chi connectivity index (χ3v) is 4.91. The summed E-state index contributed by atoms with van der Waals surface area (Å²) in [6, 6.07) is 11.0. The molecule has 5 heteroatoms. The average molecular weight is 334 g/mol. The molecule has 0 N–H and O–H groups in total. The highest BCUT2D eigenvalue weighted by molar-refractivity contribution is 7.07. The number of aromatic nitrogens is 4. The lowest BCUT2D eigenvalue weighted by atomic mass is 10.1. The van der Waals surface area contributed by atoms with Crippen LogP contribution in [0.1, 0.15) is 18.5 Å². The van der Waals surface area contributed by atoms with Crippen molar-refractivity contribution < 1.29 is 0 Å². The molecule has 120 valence electrons. The van der Waals surface area contributed by atoms with E-state index in [0.29, 0.717) is 6.04 Å². The third kappa shape index (κ3) is 2.90. The van der Waals surface area contributed by atoms with Crippen LogP contribution in [0.25, 0.3) is 17.1 Å². The van der Waals surface area contributed by atoms with E-state index in [0.717, 1.165) is 23.5 Å². The number of imidazole rings is 2. The molecule has 0 bridgehead atoms. The molecule has 0 saturated heterocycles. The largest absolute Gasteiger partial charge is 0.328 e. The van der Waals surface area contributed by atoms with Crippen LogP contribution in [0.5, 0.6) is 0 Å². The maximum absolute atomic E-state index is 4.58. The Morgan fingerprint density at radius 3 is 2.67 bits per heavy atom. The van der Waals surface area contributed by atoms with Gasteiger partial charge in [0.2, 0.25) is 0 Å². The van der Waals surface area contributed by atoms with E-state index in [9.17, 15) is 0 Å². The molecule has 0 amide bonds. The number of thiophene rings is 1. The number of hydrogen-bond donors (Lipinski definition) is 0. The molecule has 0 saturated carbocycles. The molecule has 0 aliphatic rings. The summed E-state index contributed by atoms with van der Waals surface area (Å²) in [7, 11) is 0. The van der Waals surface area contributed by atoms with Gasteiger partial charge in [-0.2, -0.15) is 11.3 Å². The zero-order valence-corrected chi connectivity index (χ0v) is 14.2. The van der Waals surface area contributed by atoms with Gasteiger partial charge in [-0.15, -0.1) is 0 Å². The van der Waals surface area contributed by atoms with Crippen LogP contribution in [0.4, 0.5) is 0 Å². The summed E-state index contributed by atoms with van der Waals surface area (Å²) >= 11 is 1.75. The van der Waals surface area contributed by atoms with Crippen molar-refractivity contribution in [3.05, 3.63) is 77.8 Å². The van der Waals surface area contributed by atoms with Crippen LogP contribution < -0.4 is 0 Å². The van der Waals surface area contributed by atoms with Gasteiger partial charge in [0.15, 0.2) is 0 Å². The van der Waals surface area contributed by atoms with E-state index in [1.54, 1.807) is 23.9 Å². The Hall–Kier alpha value is -2.66. The summed E-state index contributed by atoms with van der Waals surface area (Å²) in [5.74, 6) is 1.01. The fraction of sp³-hybridized carbons (Fsp3) is 0.158. The van der Waals surface area contributed by atoms with Crippen molar-refractivity contribution in [2.45, 2.75) is 19.4 Å². The zero-order valence-electron chi connectivity index (χ0n) is 13.4. The van der Waals surface area contributed by atoms with Crippen LogP contribution in [-0.4, -0.2) is 19.1 Å². The Labute approximate surface area is 145 Å². The molecule has 0 aliphatic heterocycles. The first-order valence-corrected chi connectivity index (χ1v) is 8.88. The van der Waals surface area contributed by atoms with Crippen molar-refractivity contribution in [2.75, 3.05) is 0 Å². The molecule has 0 spiro atoms. The molecule has 0 fully saturated rings. The Morgan fingerprint density at radius 1 is 1.08 bits per heavy atom. The standard InChI is InChI=1S/C19H18N4S/c1-15(12-16-6-11-24-13-16)23-10-8-21-19(23)17-2-4-18(5-3-17)22-9-7-20-14-22/h2-11,13-15H,12H2,1H3. The van der Waals surface area contributed by atoms with E-state index in [1.807, 2.05) is 17.0 Å². The van der Waals surface area contributed by atoms with Crippen LogP contribution in [0.15, 0.2) is 72.2 Å². The van der Waals surface area contributed by atoms with Gasteiger partial charge in [0.25, 0.3) is 0 Å². The van der Waals surface area contributed by atoms with Gasteiger partial charge in [0.05, 0.1) is 6.33 Å². The number of benzene rings is 1. The molecule has 1 unspecified atom stereocenters. The van der Waals surface area contributed by atoms with E-state index >= 15 is 0 Å². The van der Waals surface area contributed by atoms with Gasteiger partial charge in [-0.25, -0.2) is 9.97 Å². The summed E-state index contributed by atoms with van der Waals surface area (Å²) in [4.78, 5) is 8.67. The van der Waals surface area contributed by atoms with Gasteiger partial charge >= 0.3 is 0 Å². The normalized spacial score (nSPS) is 12.4. The molecule has 0 radical (unpaired) electrons. The van der Waals surface area contributed by atoms with Gasteiger partial charge in [0.1, 0.15) is 5.82 Å². The zero-order chi connectivity index (χ0) is 16.4. The number of nitrogens with zero attached hydrogens (tertiary/aromatic N) is 4. The quantitative estimate of drug-likeness (QED) is 0.535. The molecule has 24 heavy (non-hydrogen) atoms. The highest BCUT2D eigenvalue weighted by atomic mass is 32.1. The first-order valence-electron chi connectivity index (χ1n) is 7.94. The van der Waals surface area contributed by atoms with Crippen molar-refractivity contribution in [3.63, 3.8) is 0 Å². The van der Waals surface area contributed by atoms with E-state index < -0.39 is 0 Å². The van der Waals surface area contributed by atoms with Crippen LogP contribution in [0.2, 0.25) is 0 Å². The van der Waals surface area contributed by atoms with Gasteiger partial charge in [0, 0.05) is 42.1 Å². The summed E-state index contributed by atoms with van der Waals surface area (Å²) in [5.41, 5.74) is 3.60. The number of hydrogen-bond acceptors (Lipinski definition) is 3. The summed E-state index contributed by atoms with van der Waals surface area (Å²) in [6.07, 6.45) is 10.5. The minimum Gasteiger partial charge on any atom is -0.328 e. The molecular weight excluding hydrogens is 316 g/mol. The Kier molecular flexibility index (Phi) is 4.01. The fourth-order valence-corrected chi connectivity index (χ4v) is 3.62. The van der Waals surface area contributed by atoms with Crippen molar-refractivity contribution in [3.8, 4) is 17.1 Å². The van der Waals surface area contributed by atoms with Crippen LogP contribution in [-0.2, 0) is 6.42 Å². The minimum absolute atomic E-state index is 0.366. The SMILES string of the molecule is CC(Cc1ccsc1)n1ccnc1-c1ccc(-n2ccnc2)cc1. The predicted molar refractivity (Wildman–Crippen MR) is 97.5 cm³/mol. The van der Waals surface area contributed by atoms with E-state index in [2.05, 4.69) is 68.7 Å². The van der Waals surface area contributed by atoms with Crippen molar-refractivity contribution in [1.82, 2.24) is 19.1 Å². The lowest BCUT2D eigenvalue weighted by molar-refractivity contribution is 0.550. The van der Waals surface area contributed by atoms with E-state index in [-0.39, 0.29) is 0 Å².